The largest absolute Gasteiger partial charge is 0.497 e. The molecule has 0 heterocycles. The van der Waals surface area contributed by atoms with E-state index in [9.17, 15) is 8.42 Å². The Kier molecular flexibility index (Phi) is 4.14. The number of rotatable bonds is 4. The van der Waals surface area contributed by atoms with Crippen molar-refractivity contribution in [2.75, 3.05) is 7.11 Å². The zero-order chi connectivity index (χ0) is 14.8. The first-order valence-electron chi connectivity index (χ1n) is 6.39. The zero-order valence-corrected chi connectivity index (χ0v) is 12.6. The Morgan fingerprint density at radius 2 is 1.50 bits per heavy atom. The summed E-state index contributed by atoms with van der Waals surface area (Å²) in [5.41, 5.74) is 1.80. The third kappa shape index (κ3) is 2.85. The van der Waals surface area contributed by atoms with Gasteiger partial charge in [-0.05, 0) is 43.7 Å². The molecule has 0 aliphatic rings. The summed E-state index contributed by atoms with van der Waals surface area (Å²) in [6, 6.07) is 14.1. The summed E-state index contributed by atoms with van der Waals surface area (Å²) >= 11 is 0. The summed E-state index contributed by atoms with van der Waals surface area (Å²) in [6.45, 7) is 3.64. The molecule has 0 saturated carbocycles. The van der Waals surface area contributed by atoms with Gasteiger partial charge in [0.05, 0.1) is 17.3 Å². The van der Waals surface area contributed by atoms with Crippen LogP contribution in [0.15, 0.2) is 53.4 Å². The molecule has 1 atom stereocenters. The fourth-order valence-electron chi connectivity index (χ4n) is 1.99. The Labute approximate surface area is 120 Å². The quantitative estimate of drug-likeness (QED) is 0.865. The van der Waals surface area contributed by atoms with Gasteiger partial charge in [-0.2, -0.15) is 0 Å². The van der Waals surface area contributed by atoms with E-state index in [1.54, 1.807) is 50.4 Å². The maximum atomic E-state index is 12.6. The molecule has 0 unspecified atom stereocenters. The number of sulfone groups is 1. The van der Waals surface area contributed by atoms with E-state index in [0.29, 0.717) is 10.6 Å². The Bertz CT molecular complexity index is 671. The second kappa shape index (κ2) is 5.67. The third-order valence-corrected chi connectivity index (χ3v) is 5.53. The second-order valence-electron chi connectivity index (χ2n) is 4.77. The molecule has 0 fully saturated rings. The lowest BCUT2D eigenvalue weighted by molar-refractivity contribution is 0.414. The SMILES string of the molecule is COc1ccc([C@@H](C)S(=O)(=O)c2ccc(C)cc2)cc1. The van der Waals surface area contributed by atoms with Crippen LogP contribution in [0.25, 0.3) is 0 Å². The lowest BCUT2D eigenvalue weighted by atomic mass is 10.1. The van der Waals surface area contributed by atoms with Crippen LogP contribution in [0, 0.1) is 6.92 Å². The molecule has 2 aromatic rings. The summed E-state index contributed by atoms with van der Waals surface area (Å²) < 4.78 is 30.2. The van der Waals surface area contributed by atoms with Crippen LogP contribution in [0.1, 0.15) is 23.3 Å². The number of aryl methyl sites for hydroxylation is 1. The van der Waals surface area contributed by atoms with Crippen LogP contribution < -0.4 is 4.74 Å². The van der Waals surface area contributed by atoms with Crippen LogP contribution in [0.2, 0.25) is 0 Å². The maximum Gasteiger partial charge on any atom is 0.185 e. The maximum absolute atomic E-state index is 12.6. The Balaban J connectivity index is 2.35. The minimum atomic E-state index is -3.37. The molecule has 0 aliphatic carbocycles. The number of ether oxygens (including phenoxy) is 1. The van der Waals surface area contributed by atoms with Gasteiger partial charge in [0.25, 0.3) is 0 Å². The van der Waals surface area contributed by atoms with Gasteiger partial charge in [0, 0.05) is 0 Å². The van der Waals surface area contributed by atoms with Crippen molar-refractivity contribution in [1.82, 2.24) is 0 Å². The van der Waals surface area contributed by atoms with Crippen molar-refractivity contribution in [3.63, 3.8) is 0 Å². The van der Waals surface area contributed by atoms with Crippen LogP contribution in [-0.2, 0) is 9.84 Å². The normalized spacial score (nSPS) is 12.9. The minimum absolute atomic E-state index is 0.353. The molecule has 4 heteroatoms. The van der Waals surface area contributed by atoms with Crippen molar-refractivity contribution in [2.45, 2.75) is 24.0 Å². The van der Waals surface area contributed by atoms with Crippen LogP contribution in [0.3, 0.4) is 0 Å². The number of methoxy groups -OCH3 is 1. The summed E-state index contributed by atoms with van der Waals surface area (Å²) in [4.78, 5) is 0.353. The molecule has 20 heavy (non-hydrogen) atoms. The minimum Gasteiger partial charge on any atom is -0.497 e. The van der Waals surface area contributed by atoms with E-state index in [0.717, 1.165) is 11.1 Å². The first kappa shape index (κ1) is 14.6. The average Bonchev–Trinajstić information content (AvgIpc) is 2.47. The van der Waals surface area contributed by atoms with Gasteiger partial charge in [-0.1, -0.05) is 29.8 Å². The van der Waals surface area contributed by atoms with E-state index < -0.39 is 15.1 Å². The zero-order valence-electron chi connectivity index (χ0n) is 11.8. The van der Waals surface area contributed by atoms with Crippen LogP contribution in [0.4, 0.5) is 0 Å². The molecular weight excluding hydrogens is 272 g/mol. The fraction of sp³-hybridized carbons (Fsp3) is 0.250. The molecule has 0 radical (unpaired) electrons. The third-order valence-electron chi connectivity index (χ3n) is 3.40. The lowest BCUT2D eigenvalue weighted by Crippen LogP contribution is -2.10. The van der Waals surface area contributed by atoms with Crippen molar-refractivity contribution < 1.29 is 13.2 Å². The Morgan fingerprint density at radius 3 is 2.00 bits per heavy atom. The van der Waals surface area contributed by atoms with E-state index >= 15 is 0 Å². The topological polar surface area (TPSA) is 43.4 Å². The van der Waals surface area contributed by atoms with Gasteiger partial charge < -0.3 is 4.74 Å². The first-order valence-corrected chi connectivity index (χ1v) is 7.94. The van der Waals surface area contributed by atoms with Crippen LogP contribution in [-0.4, -0.2) is 15.5 Å². The summed E-state index contributed by atoms with van der Waals surface area (Å²) in [5.74, 6) is 0.716. The summed E-state index contributed by atoms with van der Waals surface area (Å²) in [6.07, 6.45) is 0. The number of hydrogen-bond donors (Lipinski definition) is 0. The van der Waals surface area contributed by atoms with E-state index in [1.807, 2.05) is 19.1 Å². The number of hydrogen-bond acceptors (Lipinski definition) is 3. The van der Waals surface area contributed by atoms with E-state index in [1.165, 1.54) is 0 Å². The predicted molar refractivity (Wildman–Crippen MR) is 79.8 cm³/mol. The number of benzene rings is 2. The van der Waals surface area contributed by atoms with Crippen LogP contribution >= 0.6 is 0 Å². The van der Waals surface area contributed by atoms with Crippen molar-refractivity contribution >= 4 is 9.84 Å². The van der Waals surface area contributed by atoms with Crippen LogP contribution in [0.5, 0.6) is 5.75 Å². The average molecular weight is 290 g/mol. The van der Waals surface area contributed by atoms with E-state index in [2.05, 4.69) is 0 Å². The molecular formula is C16H18O3S. The first-order chi connectivity index (χ1) is 9.45. The monoisotopic (exact) mass is 290 g/mol. The Hall–Kier alpha value is -1.81. The lowest BCUT2D eigenvalue weighted by Gasteiger charge is -2.14. The predicted octanol–water partition coefficient (Wildman–Crippen LogP) is 3.54. The van der Waals surface area contributed by atoms with Crippen molar-refractivity contribution in [3.05, 3.63) is 59.7 Å². The molecule has 0 spiro atoms. The van der Waals surface area contributed by atoms with E-state index in [4.69, 9.17) is 4.74 Å². The summed E-state index contributed by atoms with van der Waals surface area (Å²) in [7, 11) is -1.78. The smallest absolute Gasteiger partial charge is 0.185 e. The van der Waals surface area contributed by atoms with Gasteiger partial charge in [0.1, 0.15) is 5.75 Å². The highest BCUT2D eigenvalue weighted by atomic mass is 32.2. The fourth-order valence-corrected chi connectivity index (χ4v) is 3.43. The van der Waals surface area contributed by atoms with Gasteiger partial charge in [0.2, 0.25) is 0 Å². The van der Waals surface area contributed by atoms with Gasteiger partial charge in [0.15, 0.2) is 9.84 Å². The molecule has 0 N–H and O–H groups in total. The van der Waals surface area contributed by atoms with Gasteiger partial charge in [-0.15, -0.1) is 0 Å². The highest BCUT2D eigenvalue weighted by Gasteiger charge is 2.24. The van der Waals surface area contributed by atoms with Gasteiger partial charge in [-0.25, -0.2) is 8.42 Å². The molecule has 0 aromatic heterocycles. The second-order valence-corrected chi connectivity index (χ2v) is 7.04. The molecule has 0 bridgehead atoms. The van der Waals surface area contributed by atoms with Crippen molar-refractivity contribution in [2.24, 2.45) is 0 Å². The molecule has 2 aromatic carbocycles. The molecule has 0 aliphatic heterocycles. The van der Waals surface area contributed by atoms with Crippen molar-refractivity contribution in [1.29, 1.82) is 0 Å². The summed E-state index contributed by atoms with van der Waals surface area (Å²) in [5, 5.41) is -0.587. The molecule has 2 rings (SSSR count). The highest BCUT2D eigenvalue weighted by Crippen LogP contribution is 2.29. The molecule has 3 nitrogen and oxygen atoms in total. The standard InChI is InChI=1S/C16H18O3S/c1-12-4-10-16(11-5-12)20(17,18)13(2)14-6-8-15(19-3)9-7-14/h4-11,13H,1-3H3/t13-/m1/s1. The van der Waals surface area contributed by atoms with Gasteiger partial charge >= 0.3 is 0 Å². The molecule has 0 saturated heterocycles. The highest BCUT2D eigenvalue weighted by molar-refractivity contribution is 7.91. The van der Waals surface area contributed by atoms with Crippen molar-refractivity contribution in [3.8, 4) is 5.75 Å². The molecule has 106 valence electrons. The Morgan fingerprint density at radius 1 is 0.950 bits per heavy atom. The van der Waals surface area contributed by atoms with Gasteiger partial charge in [-0.3, -0.25) is 0 Å². The van der Waals surface area contributed by atoms with E-state index in [-0.39, 0.29) is 0 Å². The molecule has 0 amide bonds.